The molecule has 3 N–H and O–H groups in total. The molecule has 1 heterocycles. The summed E-state index contributed by atoms with van der Waals surface area (Å²) in [5.74, 6) is -0.630. The van der Waals surface area contributed by atoms with Crippen molar-refractivity contribution in [2.75, 3.05) is 4.72 Å². The smallest absolute Gasteiger partial charge is 0.274 e. The first-order valence-corrected chi connectivity index (χ1v) is 12.7. The zero-order chi connectivity index (χ0) is 25.9. The lowest BCUT2D eigenvalue weighted by Gasteiger charge is -2.12. The average molecular weight is 508 g/mol. The molecule has 4 aromatic rings. The molecule has 0 saturated carbocycles. The Labute approximate surface area is 208 Å². The Morgan fingerprint density at radius 2 is 1.64 bits per heavy atom. The van der Waals surface area contributed by atoms with Crippen molar-refractivity contribution in [3.63, 3.8) is 0 Å². The highest BCUT2D eigenvalue weighted by atomic mass is 32.2. The molecule has 9 nitrogen and oxygen atoms in total. The summed E-state index contributed by atoms with van der Waals surface area (Å²) in [6.45, 7) is 1.86. The maximum atomic E-state index is 12.7. The fourth-order valence-electron chi connectivity index (χ4n) is 3.71. The SMILES string of the molecule is Cc1cc2ccc(NS(=O)(=O)Cc3ccc(C(=O)NOCc4ccc(O)cc4)cc3)cc2n(C)c1=O. The maximum Gasteiger partial charge on any atom is 0.274 e. The number of hydroxylamine groups is 1. The summed E-state index contributed by atoms with van der Waals surface area (Å²) in [6.07, 6.45) is 0. The Hall–Kier alpha value is -4.15. The van der Waals surface area contributed by atoms with Crippen LogP contribution in [-0.2, 0) is 34.3 Å². The van der Waals surface area contributed by atoms with E-state index in [4.69, 9.17) is 4.84 Å². The monoisotopic (exact) mass is 507 g/mol. The Morgan fingerprint density at radius 1 is 0.972 bits per heavy atom. The minimum atomic E-state index is -3.75. The standard InChI is InChI=1S/C26H25N3O6S/c1-17-13-21-9-10-22(14-24(21)29(2)26(17)32)28-36(33,34)16-19-3-7-20(8-4-19)25(31)27-35-15-18-5-11-23(30)12-6-18/h3-14,28,30H,15-16H2,1-2H3,(H,27,31). The van der Waals surface area contributed by atoms with Gasteiger partial charge in [0.15, 0.2) is 0 Å². The first-order valence-electron chi connectivity index (χ1n) is 11.0. The molecule has 10 heteroatoms. The van der Waals surface area contributed by atoms with E-state index in [-0.39, 0.29) is 23.7 Å². The number of anilines is 1. The van der Waals surface area contributed by atoms with Gasteiger partial charge in [-0.15, -0.1) is 0 Å². The number of pyridine rings is 1. The van der Waals surface area contributed by atoms with Gasteiger partial charge in [0, 0.05) is 18.2 Å². The molecule has 3 aromatic carbocycles. The van der Waals surface area contributed by atoms with Gasteiger partial charge in [0.25, 0.3) is 11.5 Å². The average Bonchev–Trinajstić information content (AvgIpc) is 2.84. The number of sulfonamides is 1. The minimum absolute atomic E-state index is 0.122. The number of hydrogen-bond donors (Lipinski definition) is 3. The molecular weight excluding hydrogens is 482 g/mol. The van der Waals surface area contributed by atoms with Gasteiger partial charge in [0.2, 0.25) is 10.0 Å². The number of hydrogen-bond acceptors (Lipinski definition) is 6. The van der Waals surface area contributed by atoms with E-state index in [1.807, 2.05) is 0 Å². The predicted octanol–water partition coefficient (Wildman–Crippen LogP) is 3.36. The van der Waals surface area contributed by atoms with Crippen molar-refractivity contribution in [3.05, 3.63) is 105 Å². The number of carbonyl (C=O) groups is 1. The molecule has 1 aromatic heterocycles. The Bertz CT molecular complexity index is 1580. The highest BCUT2D eigenvalue weighted by molar-refractivity contribution is 7.91. The van der Waals surface area contributed by atoms with Gasteiger partial charge < -0.3 is 9.67 Å². The third-order valence-corrected chi connectivity index (χ3v) is 6.85. The fraction of sp³-hybridized carbons (Fsp3) is 0.154. The lowest BCUT2D eigenvalue weighted by molar-refractivity contribution is 0.0233. The molecule has 186 valence electrons. The first kappa shape index (κ1) is 25.0. The zero-order valence-corrected chi connectivity index (χ0v) is 20.5. The van der Waals surface area contributed by atoms with E-state index in [2.05, 4.69) is 10.2 Å². The van der Waals surface area contributed by atoms with Crippen LogP contribution in [0.2, 0.25) is 0 Å². The van der Waals surface area contributed by atoms with Crippen LogP contribution in [0, 0.1) is 6.92 Å². The summed E-state index contributed by atoms with van der Waals surface area (Å²) in [5, 5.41) is 10.1. The third-order valence-electron chi connectivity index (χ3n) is 5.59. The number of phenols is 1. The van der Waals surface area contributed by atoms with Gasteiger partial charge in [0.05, 0.1) is 23.6 Å². The van der Waals surface area contributed by atoms with Gasteiger partial charge in [-0.25, -0.2) is 13.9 Å². The van der Waals surface area contributed by atoms with Gasteiger partial charge >= 0.3 is 0 Å². The van der Waals surface area contributed by atoms with Gasteiger partial charge in [-0.3, -0.25) is 19.1 Å². The molecule has 0 bridgehead atoms. The Balaban J connectivity index is 1.37. The largest absolute Gasteiger partial charge is 0.508 e. The van der Waals surface area contributed by atoms with Crippen LogP contribution in [0.25, 0.3) is 10.9 Å². The van der Waals surface area contributed by atoms with Crippen LogP contribution in [0.4, 0.5) is 5.69 Å². The van der Waals surface area contributed by atoms with Crippen molar-refractivity contribution in [2.24, 2.45) is 7.05 Å². The van der Waals surface area contributed by atoms with E-state index in [1.165, 1.54) is 28.8 Å². The molecule has 0 radical (unpaired) electrons. The second-order valence-corrected chi connectivity index (χ2v) is 10.1. The molecule has 1 amide bonds. The zero-order valence-electron chi connectivity index (χ0n) is 19.7. The van der Waals surface area contributed by atoms with E-state index >= 15 is 0 Å². The van der Waals surface area contributed by atoms with Gasteiger partial charge in [-0.2, -0.15) is 0 Å². The minimum Gasteiger partial charge on any atom is -0.508 e. The van der Waals surface area contributed by atoms with E-state index in [0.29, 0.717) is 27.9 Å². The van der Waals surface area contributed by atoms with Crippen LogP contribution in [0.5, 0.6) is 5.75 Å². The molecule has 0 unspecified atom stereocenters. The summed E-state index contributed by atoms with van der Waals surface area (Å²) in [7, 11) is -2.10. The molecule has 0 saturated heterocycles. The van der Waals surface area contributed by atoms with Crippen molar-refractivity contribution < 1.29 is 23.2 Å². The van der Waals surface area contributed by atoms with Gasteiger partial charge in [-0.1, -0.05) is 30.3 Å². The van der Waals surface area contributed by atoms with Crippen molar-refractivity contribution in [3.8, 4) is 5.75 Å². The van der Waals surface area contributed by atoms with Crippen LogP contribution in [0.15, 0.2) is 77.6 Å². The molecule has 0 spiro atoms. The number of nitrogens with zero attached hydrogens (tertiary/aromatic N) is 1. The van der Waals surface area contributed by atoms with Crippen molar-refractivity contribution in [1.82, 2.24) is 10.0 Å². The molecule has 0 aliphatic rings. The molecular formula is C26H25N3O6S. The Morgan fingerprint density at radius 3 is 2.33 bits per heavy atom. The maximum absolute atomic E-state index is 12.7. The Kier molecular flexibility index (Phi) is 7.09. The summed E-state index contributed by atoms with van der Waals surface area (Å²) < 4.78 is 29.5. The van der Waals surface area contributed by atoms with Crippen LogP contribution >= 0.6 is 0 Å². The van der Waals surface area contributed by atoms with E-state index in [0.717, 1.165) is 10.9 Å². The number of fused-ring (bicyclic) bond motifs is 1. The quantitative estimate of drug-likeness (QED) is 0.314. The van der Waals surface area contributed by atoms with E-state index in [1.54, 1.807) is 62.5 Å². The molecule has 0 aliphatic heterocycles. The third kappa shape index (κ3) is 5.91. The number of aromatic nitrogens is 1. The number of aromatic hydroxyl groups is 1. The predicted molar refractivity (Wildman–Crippen MR) is 137 cm³/mol. The summed E-state index contributed by atoms with van der Waals surface area (Å²) in [4.78, 5) is 29.7. The van der Waals surface area contributed by atoms with Gasteiger partial charge in [-0.05, 0) is 65.9 Å². The fourth-order valence-corrected chi connectivity index (χ4v) is 4.90. The molecule has 36 heavy (non-hydrogen) atoms. The highest BCUT2D eigenvalue weighted by Crippen LogP contribution is 2.20. The number of aryl methyl sites for hydroxylation is 2. The highest BCUT2D eigenvalue weighted by Gasteiger charge is 2.14. The molecule has 4 rings (SSSR count). The van der Waals surface area contributed by atoms with E-state index in [9.17, 15) is 23.1 Å². The number of carbonyl (C=O) groups excluding carboxylic acids is 1. The van der Waals surface area contributed by atoms with Crippen molar-refractivity contribution in [2.45, 2.75) is 19.3 Å². The summed E-state index contributed by atoms with van der Waals surface area (Å²) >= 11 is 0. The normalized spacial score (nSPS) is 11.4. The van der Waals surface area contributed by atoms with Gasteiger partial charge in [0.1, 0.15) is 5.75 Å². The van der Waals surface area contributed by atoms with Crippen LogP contribution in [-0.4, -0.2) is 24.0 Å². The second kappa shape index (κ2) is 10.2. The first-order chi connectivity index (χ1) is 17.1. The van der Waals surface area contributed by atoms with Crippen LogP contribution in [0.1, 0.15) is 27.0 Å². The number of amides is 1. The number of benzene rings is 3. The summed E-state index contributed by atoms with van der Waals surface area (Å²) in [6, 6.07) is 19.3. The topological polar surface area (TPSA) is 127 Å². The number of rotatable bonds is 8. The van der Waals surface area contributed by atoms with Crippen LogP contribution < -0.4 is 15.8 Å². The van der Waals surface area contributed by atoms with Crippen molar-refractivity contribution >= 4 is 32.5 Å². The number of phenolic OH excluding ortho intramolecular Hbond substituents is 1. The molecule has 0 aliphatic carbocycles. The molecule has 0 atom stereocenters. The van der Waals surface area contributed by atoms with E-state index < -0.39 is 15.9 Å². The molecule has 0 fully saturated rings. The number of nitrogens with one attached hydrogen (secondary N) is 2. The lowest BCUT2D eigenvalue weighted by atomic mass is 10.1. The van der Waals surface area contributed by atoms with Crippen LogP contribution in [0.3, 0.4) is 0 Å². The lowest BCUT2D eigenvalue weighted by Crippen LogP contribution is -2.23. The summed E-state index contributed by atoms with van der Waals surface area (Å²) in [5.41, 5.74) is 5.34. The van der Waals surface area contributed by atoms with Crippen molar-refractivity contribution in [1.29, 1.82) is 0 Å². The second-order valence-electron chi connectivity index (χ2n) is 8.41.